The molecule has 1 aromatic rings. The number of benzene rings is 1. The van der Waals surface area contributed by atoms with E-state index in [0.29, 0.717) is 0 Å². The van der Waals surface area contributed by atoms with E-state index in [0.717, 1.165) is 0 Å². The van der Waals surface area contributed by atoms with E-state index in [1.165, 1.54) is 12.1 Å². The summed E-state index contributed by atoms with van der Waals surface area (Å²) in [5.41, 5.74) is -0.912. The number of sulfone groups is 1. The molecule has 0 spiro atoms. The molecule has 1 aliphatic rings. The summed E-state index contributed by atoms with van der Waals surface area (Å²) in [7, 11) is -3.42. The minimum Gasteiger partial charge on any atom is -0.375 e. The zero-order valence-electron chi connectivity index (χ0n) is 7.25. The lowest BCUT2D eigenvalue weighted by Gasteiger charge is -2.08. The van der Waals surface area contributed by atoms with Gasteiger partial charge in [0.1, 0.15) is 6.21 Å². The lowest BCUT2D eigenvalue weighted by atomic mass is 10.4. The van der Waals surface area contributed by atoms with Crippen LogP contribution in [0.5, 0.6) is 0 Å². The number of nitrogens with zero attached hydrogens (tertiary/aromatic N) is 1. The van der Waals surface area contributed by atoms with Gasteiger partial charge in [0.05, 0.1) is 11.3 Å². The molecule has 5 heteroatoms. The van der Waals surface area contributed by atoms with Gasteiger partial charge in [0.25, 0.3) is 0 Å². The maximum Gasteiger partial charge on any atom is 0.237 e. The molecule has 1 aromatic carbocycles. The van der Waals surface area contributed by atoms with Crippen molar-refractivity contribution in [2.75, 3.05) is 0 Å². The highest BCUT2D eigenvalue weighted by Crippen LogP contribution is 2.20. The molecular weight excluding hydrogens is 202 g/mol. The predicted octanol–water partition coefficient (Wildman–Crippen LogP) is 1.07. The van der Waals surface area contributed by atoms with E-state index >= 15 is 0 Å². The standard InChI is InChI=1S/C9H8NO3S/c11-14(12,9-6-7-10-13-9)8-4-2-1-3-5-8/h1-5,9H,6H2. The second-order valence-electron chi connectivity index (χ2n) is 2.85. The smallest absolute Gasteiger partial charge is 0.237 e. The Labute approximate surface area is 82.1 Å². The molecule has 1 aliphatic heterocycles. The van der Waals surface area contributed by atoms with Gasteiger partial charge < -0.3 is 4.84 Å². The normalized spacial score (nSPS) is 20.7. The Bertz CT molecular complexity index is 430. The highest BCUT2D eigenvalue weighted by Gasteiger charge is 2.31. The Kier molecular flexibility index (Phi) is 2.25. The molecule has 0 aliphatic carbocycles. The fraction of sp³-hybridized carbons (Fsp3) is 0.222. The van der Waals surface area contributed by atoms with Crippen molar-refractivity contribution in [1.82, 2.24) is 0 Å². The summed E-state index contributed by atoms with van der Waals surface area (Å²) in [6, 6.07) is 8.18. The number of rotatable bonds is 2. The molecule has 0 N–H and O–H groups in total. The van der Waals surface area contributed by atoms with E-state index < -0.39 is 15.3 Å². The molecule has 14 heavy (non-hydrogen) atoms. The van der Waals surface area contributed by atoms with E-state index in [1.807, 2.05) is 0 Å². The van der Waals surface area contributed by atoms with E-state index in [9.17, 15) is 8.42 Å². The molecule has 2 rings (SSSR count). The summed E-state index contributed by atoms with van der Waals surface area (Å²) < 4.78 is 23.6. The first-order chi connectivity index (χ1) is 6.71. The van der Waals surface area contributed by atoms with Crippen molar-refractivity contribution in [1.29, 1.82) is 0 Å². The van der Waals surface area contributed by atoms with Gasteiger partial charge in [-0.1, -0.05) is 23.4 Å². The molecule has 1 unspecified atom stereocenters. The van der Waals surface area contributed by atoms with Gasteiger partial charge in [0.2, 0.25) is 15.3 Å². The van der Waals surface area contributed by atoms with E-state index in [4.69, 9.17) is 4.84 Å². The van der Waals surface area contributed by atoms with Crippen LogP contribution in [-0.2, 0) is 14.7 Å². The van der Waals surface area contributed by atoms with Gasteiger partial charge >= 0.3 is 0 Å². The summed E-state index contributed by atoms with van der Waals surface area (Å²) in [4.78, 5) is 4.95. The second kappa shape index (κ2) is 3.42. The van der Waals surface area contributed by atoms with E-state index in [1.54, 1.807) is 18.2 Å². The summed E-state index contributed by atoms with van der Waals surface area (Å²) in [6.45, 7) is 0. The van der Waals surface area contributed by atoms with Crippen LogP contribution in [-0.4, -0.2) is 20.1 Å². The zero-order chi connectivity index (χ0) is 10.0. The molecule has 4 nitrogen and oxygen atoms in total. The molecule has 0 saturated carbocycles. The molecule has 1 atom stereocenters. The van der Waals surface area contributed by atoms with Crippen molar-refractivity contribution in [2.45, 2.75) is 16.8 Å². The van der Waals surface area contributed by atoms with Gasteiger partial charge in [-0.2, -0.15) is 0 Å². The largest absolute Gasteiger partial charge is 0.375 e. The minimum absolute atomic E-state index is 0.192. The molecule has 1 heterocycles. The predicted molar refractivity (Wildman–Crippen MR) is 50.6 cm³/mol. The topological polar surface area (TPSA) is 55.7 Å². The summed E-state index contributed by atoms with van der Waals surface area (Å²) in [5, 5.41) is 3.33. The van der Waals surface area contributed by atoms with Gasteiger partial charge in [-0.25, -0.2) is 8.42 Å². The molecule has 1 radical (unpaired) electrons. The van der Waals surface area contributed by atoms with Crippen molar-refractivity contribution in [3.63, 3.8) is 0 Å². The van der Waals surface area contributed by atoms with Crippen LogP contribution in [0.2, 0.25) is 0 Å². The third-order valence-electron chi connectivity index (χ3n) is 1.91. The Hall–Kier alpha value is -1.36. The first-order valence-corrected chi connectivity index (χ1v) is 5.63. The molecule has 0 bridgehead atoms. The molecule has 73 valence electrons. The lowest BCUT2D eigenvalue weighted by molar-refractivity contribution is 0.140. The van der Waals surface area contributed by atoms with Crippen LogP contribution in [0.3, 0.4) is 0 Å². The van der Waals surface area contributed by atoms with Crippen molar-refractivity contribution < 1.29 is 13.3 Å². The van der Waals surface area contributed by atoms with Gasteiger partial charge in [-0.15, -0.1) is 0 Å². The molecule has 0 fully saturated rings. The Morgan fingerprint density at radius 2 is 2.07 bits per heavy atom. The molecular formula is C9H8NO3S. The van der Waals surface area contributed by atoms with Crippen molar-refractivity contribution >= 4 is 16.1 Å². The first kappa shape index (κ1) is 9.21. The van der Waals surface area contributed by atoms with E-state index in [-0.39, 0.29) is 11.3 Å². The van der Waals surface area contributed by atoms with Crippen LogP contribution < -0.4 is 0 Å². The van der Waals surface area contributed by atoms with Crippen molar-refractivity contribution in [3.8, 4) is 0 Å². The fourth-order valence-electron chi connectivity index (χ4n) is 1.17. The summed E-state index contributed by atoms with van der Waals surface area (Å²) in [5.74, 6) is 0. The highest BCUT2D eigenvalue weighted by atomic mass is 32.2. The SMILES string of the molecule is O=S(=O)(c1ccccc1)C1C[C]=NO1. The fourth-order valence-corrected chi connectivity index (χ4v) is 2.46. The summed E-state index contributed by atoms with van der Waals surface area (Å²) >= 11 is 0. The second-order valence-corrected chi connectivity index (χ2v) is 4.93. The average Bonchev–Trinajstić information content (AvgIpc) is 2.72. The maximum atomic E-state index is 11.8. The molecule has 0 amide bonds. The average molecular weight is 210 g/mol. The Morgan fingerprint density at radius 3 is 2.64 bits per heavy atom. The highest BCUT2D eigenvalue weighted by molar-refractivity contribution is 7.92. The van der Waals surface area contributed by atoms with Gasteiger partial charge in [-0.3, -0.25) is 0 Å². The quantitative estimate of drug-likeness (QED) is 0.733. The summed E-state index contributed by atoms with van der Waals surface area (Å²) in [6.07, 6.45) is 2.66. The minimum atomic E-state index is -3.42. The van der Waals surface area contributed by atoms with Gasteiger partial charge in [0.15, 0.2) is 0 Å². The van der Waals surface area contributed by atoms with Crippen molar-refractivity contribution in [2.24, 2.45) is 5.16 Å². The van der Waals surface area contributed by atoms with E-state index in [2.05, 4.69) is 11.4 Å². The number of hydrogen-bond donors (Lipinski definition) is 0. The van der Waals surface area contributed by atoms with Gasteiger partial charge in [0, 0.05) is 0 Å². The Balaban J connectivity index is 2.34. The van der Waals surface area contributed by atoms with Crippen LogP contribution in [0, 0.1) is 0 Å². The first-order valence-electron chi connectivity index (χ1n) is 4.09. The van der Waals surface area contributed by atoms with Crippen LogP contribution in [0.4, 0.5) is 0 Å². The third kappa shape index (κ3) is 1.50. The number of hydrogen-bond acceptors (Lipinski definition) is 4. The monoisotopic (exact) mass is 210 g/mol. The molecule has 0 saturated heterocycles. The molecule has 0 aromatic heterocycles. The maximum absolute atomic E-state index is 11.8. The van der Waals surface area contributed by atoms with Crippen LogP contribution >= 0.6 is 0 Å². The Morgan fingerprint density at radius 1 is 1.36 bits per heavy atom. The zero-order valence-corrected chi connectivity index (χ0v) is 8.07. The van der Waals surface area contributed by atoms with Crippen LogP contribution in [0.25, 0.3) is 0 Å². The van der Waals surface area contributed by atoms with Crippen molar-refractivity contribution in [3.05, 3.63) is 30.3 Å². The van der Waals surface area contributed by atoms with Crippen LogP contribution in [0.1, 0.15) is 6.42 Å². The third-order valence-corrected chi connectivity index (χ3v) is 3.78. The van der Waals surface area contributed by atoms with Gasteiger partial charge in [-0.05, 0) is 12.1 Å². The van der Waals surface area contributed by atoms with Crippen LogP contribution in [0.15, 0.2) is 40.4 Å². The lowest BCUT2D eigenvalue weighted by Crippen LogP contribution is -2.20.